The van der Waals surface area contributed by atoms with Crippen molar-refractivity contribution in [2.24, 2.45) is 56.7 Å². The van der Waals surface area contributed by atoms with Gasteiger partial charge in [0.25, 0.3) is 0 Å². The van der Waals surface area contributed by atoms with Gasteiger partial charge in [-0.05, 0) is 86.8 Å². The number of hydrogen-bond acceptors (Lipinski definition) is 8. The summed E-state index contributed by atoms with van der Waals surface area (Å²) in [5.41, 5.74) is -1.98. The van der Waals surface area contributed by atoms with E-state index in [1.165, 1.54) is 6.92 Å². The Labute approximate surface area is 282 Å². The number of carbonyl (C=O) groups is 3. The Hall–Kier alpha value is -1.81. The lowest BCUT2D eigenvalue weighted by Gasteiger charge is -2.70. The number of methoxy groups -OCH3 is 1. The average molecular weight is 660 g/mol. The Kier molecular flexibility index (Phi) is 9.70. The van der Waals surface area contributed by atoms with Gasteiger partial charge < -0.3 is 29.0 Å². The Balaban J connectivity index is 1.60. The number of allylic oxidation sites excluding steroid dienone is 1. The van der Waals surface area contributed by atoms with Crippen LogP contribution in [0, 0.1) is 56.7 Å². The molecule has 1 N–H and O–H groups in total. The van der Waals surface area contributed by atoms with E-state index in [1.807, 2.05) is 27.1 Å². The van der Waals surface area contributed by atoms with E-state index in [0.717, 1.165) is 31.3 Å². The van der Waals surface area contributed by atoms with E-state index in [4.69, 9.17) is 18.9 Å². The number of aliphatic carboxylic acids is 1. The number of ketones is 1. The van der Waals surface area contributed by atoms with Gasteiger partial charge in [-0.25, -0.2) is 0 Å². The van der Waals surface area contributed by atoms with Gasteiger partial charge in [0.2, 0.25) is 0 Å². The van der Waals surface area contributed by atoms with Gasteiger partial charge in [-0.15, -0.1) is 0 Å². The second-order valence-electron chi connectivity index (χ2n) is 17.4. The van der Waals surface area contributed by atoms with Crippen LogP contribution in [-0.4, -0.2) is 93.6 Å². The van der Waals surface area contributed by atoms with Crippen LogP contribution in [0.2, 0.25) is 0 Å². The van der Waals surface area contributed by atoms with Crippen molar-refractivity contribution < 1.29 is 38.4 Å². The molecule has 5 rings (SSSR count). The number of carboxylic acid groups (broad SMARTS) is 1. The molecule has 0 aromatic carbocycles. The lowest BCUT2D eigenvalue weighted by Crippen LogP contribution is -2.71. The summed E-state index contributed by atoms with van der Waals surface area (Å²) >= 11 is 0. The Morgan fingerprint density at radius 2 is 1.74 bits per heavy atom. The Bertz CT molecular complexity index is 1280. The smallest absolute Gasteiger partial charge is 0.308 e. The van der Waals surface area contributed by atoms with Gasteiger partial charge in [0.1, 0.15) is 12.2 Å². The largest absolute Gasteiger partial charge is 0.481 e. The molecule has 3 saturated carbocycles. The summed E-state index contributed by atoms with van der Waals surface area (Å²) in [4.78, 5) is 42.9. The van der Waals surface area contributed by atoms with Gasteiger partial charge >= 0.3 is 11.9 Å². The van der Waals surface area contributed by atoms with Crippen LogP contribution in [0.1, 0.15) is 87.5 Å². The number of fused-ring (bicyclic) bond motifs is 3. The molecule has 2 bridgehead atoms. The van der Waals surface area contributed by atoms with E-state index in [9.17, 15) is 19.5 Å². The molecule has 0 aromatic heterocycles. The summed E-state index contributed by atoms with van der Waals surface area (Å²) in [7, 11) is 5.69. The molecule has 0 radical (unpaired) electrons. The molecular weight excluding hydrogens is 598 g/mol. The topological polar surface area (TPSA) is 112 Å². The maximum absolute atomic E-state index is 14.8. The molecule has 266 valence electrons. The SMILES string of the molecule is COCC(CO[C@H]1[C@H](OC(C)=O)C[C@@]23COCC1(C)[C@@H]2CC[C@H]1C3=CC(=O)[C@@]2(C)[C@H](C(=O)O)[C@@](C)([C@H](C)C(C)C)CC[C@]12C)N(C)C. The molecule has 9 nitrogen and oxygen atoms in total. The predicted octanol–water partition coefficient (Wildman–Crippen LogP) is 5.65. The summed E-state index contributed by atoms with van der Waals surface area (Å²) < 4.78 is 24.9. The minimum absolute atomic E-state index is 0.0300. The first-order valence-corrected chi connectivity index (χ1v) is 17.9. The monoisotopic (exact) mass is 659 g/mol. The van der Waals surface area contributed by atoms with Crippen molar-refractivity contribution in [3.05, 3.63) is 11.6 Å². The van der Waals surface area contributed by atoms with Crippen LogP contribution in [0.4, 0.5) is 0 Å². The van der Waals surface area contributed by atoms with E-state index >= 15 is 0 Å². The minimum atomic E-state index is -1.05. The van der Waals surface area contributed by atoms with Crippen LogP contribution in [0.3, 0.4) is 0 Å². The highest BCUT2D eigenvalue weighted by Crippen LogP contribution is 2.74. The molecular formula is C38H61NO8. The van der Waals surface area contributed by atoms with Crippen molar-refractivity contribution in [1.29, 1.82) is 0 Å². The molecule has 0 aromatic rings. The fourth-order valence-corrected chi connectivity index (χ4v) is 11.7. The first-order chi connectivity index (χ1) is 21.8. The normalized spacial score (nSPS) is 44.1. The quantitative estimate of drug-likeness (QED) is 0.298. The second-order valence-corrected chi connectivity index (χ2v) is 17.4. The molecule has 12 atom stereocenters. The molecule has 0 amide bonds. The van der Waals surface area contributed by atoms with E-state index in [2.05, 4.69) is 46.4 Å². The van der Waals surface area contributed by atoms with Crippen molar-refractivity contribution in [3.63, 3.8) is 0 Å². The van der Waals surface area contributed by atoms with Gasteiger partial charge in [-0.3, -0.25) is 14.4 Å². The van der Waals surface area contributed by atoms with E-state index in [0.29, 0.717) is 38.8 Å². The molecule has 4 fully saturated rings. The zero-order valence-corrected chi connectivity index (χ0v) is 30.8. The number of rotatable bonds is 10. The van der Waals surface area contributed by atoms with Crippen LogP contribution in [0.25, 0.3) is 0 Å². The molecule has 9 heteroatoms. The van der Waals surface area contributed by atoms with Crippen molar-refractivity contribution >= 4 is 17.7 Å². The number of likely N-dealkylation sites (N-methyl/N-ethyl adjacent to an activating group) is 1. The molecule has 0 spiro atoms. The third-order valence-electron chi connectivity index (χ3n) is 14.8. The van der Waals surface area contributed by atoms with E-state index in [1.54, 1.807) is 7.11 Å². The standard InChI is InChI=1S/C38H61NO8/c1-22(2)23(3)34(5)14-15-36(7)26-12-13-29-35(6)20-45-21-38(29,27(26)16-30(41)37(36,8)31(34)33(42)43)17-28(47-24(4)40)32(35)46-19-25(18-44-11)39(9)10/h16,22-23,25-26,28-29,31-32H,12-15,17-21H2,1-11H3,(H,42,43)/t23-,25?,26+,28-,29+,31-,32+,34-,35?,36-,37+,38+/m1/s1. The fraction of sp³-hybridized carbons (Fsp3) is 0.868. The van der Waals surface area contributed by atoms with Gasteiger partial charge in [-0.2, -0.15) is 0 Å². The van der Waals surface area contributed by atoms with Crippen molar-refractivity contribution in [1.82, 2.24) is 4.90 Å². The van der Waals surface area contributed by atoms with Crippen LogP contribution >= 0.6 is 0 Å². The van der Waals surface area contributed by atoms with Crippen LogP contribution in [0.15, 0.2) is 11.6 Å². The lowest BCUT2D eigenvalue weighted by molar-refractivity contribution is -0.267. The molecule has 4 aliphatic carbocycles. The molecule has 1 saturated heterocycles. The number of esters is 1. The molecule has 5 aliphatic rings. The average Bonchev–Trinajstić information content (AvgIpc) is 2.97. The highest BCUT2D eigenvalue weighted by molar-refractivity contribution is 6.00. The number of hydrogen-bond donors (Lipinski definition) is 1. The van der Waals surface area contributed by atoms with Gasteiger partial charge in [0, 0.05) is 30.3 Å². The van der Waals surface area contributed by atoms with Gasteiger partial charge in [0.05, 0.1) is 38.4 Å². The summed E-state index contributed by atoms with van der Waals surface area (Å²) in [5, 5.41) is 10.9. The number of ether oxygens (including phenoxy) is 4. The molecule has 1 aliphatic heterocycles. The van der Waals surface area contributed by atoms with Crippen LogP contribution < -0.4 is 0 Å². The summed E-state index contributed by atoms with van der Waals surface area (Å²) in [6, 6.07) is 0.0300. The summed E-state index contributed by atoms with van der Waals surface area (Å²) in [5.74, 6) is -1.45. The number of nitrogens with zero attached hydrogens (tertiary/aromatic N) is 1. The minimum Gasteiger partial charge on any atom is -0.481 e. The maximum atomic E-state index is 14.8. The third-order valence-corrected chi connectivity index (χ3v) is 14.8. The Morgan fingerprint density at radius 3 is 2.32 bits per heavy atom. The van der Waals surface area contributed by atoms with Crippen molar-refractivity contribution in [3.8, 4) is 0 Å². The highest BCUT2D eigenvalue weighted by atomic mass is 16.6. The zero-order valence-electron chi connectivity index (χ0n) is 30.8. The number of carbonyl (C=O) groups excluding carboxylic acids is 2. The third kappa shape index (κ3) is 5.27. The van der Waals surface area contributed by atoms with Crippen LogP contribution in [0.5, 0.6) is 0 Å². The first kappa shape index (κ1) is 36.5. The first-order valence-electron chi connectivity index (χ1n) is 17.9. The second kappa shape index (κ2) is 12.5. The summed E-state index contributed by atoms with van der Waals surface area (Å²) in [6.45, 7) is 18.3. The fourth-order valence-electron chi connectivity index (χ4n) is 11.7. The summed E-state index contributed by atoms with van der Waals surface area (Å²) in [6.07, 6.45) is 4.82. The lowest BCUT2D eigenvalue weighted by atomic mass is 9.34. The molecule has 1 heterocycles. The molecule has 47 heavy (non-hydrogen) atoms. The highest BCUT2D eigenvalue weighted by Gasteiger charge is 2.74. The van der Waals surface area contributed by atoms with E-state index < -0.39 is 45.1 Å². The van der Waals surface area contributed by atoms with Gasteiger partial charge in [0.15, 0.2) is 5.78 Å². The van der Waals surface area contributed by atoms with E-state index in [-0.39, 0.29) is 41.7 Å². The maximum Gasteiger partial charge on any atom is 0.308 e. The molecule has 2 unspecified atom stereocenters. The van der Waals surface area contributed by atoms with Crippen molar-refractivity contribution in [2.75, 3.05) is 47.6 Å². The van der Waals surface area contributed by atoms with Crippen molar-refractivity contribution in [2.45, 2.75) is 106 Å². The number of carboxylic acids is 1. The van der Waals surface area contributed by atoms with Gasteiger partial charge in [-0.1, -0.05) is 54.0 Å². The van der Waals surface area contributed by atoms with Crippen LogP contribution in [-0.2, 0) is 33.3 Å². The predicted molar refractivity (Wildman–Crippen MR) is 179 cm³/mol. The Morgan fingerprint density at radius 1 is 1.06 bits per heavy atom. The zero-order chi connectivity index (χ0) is 34.9.